The topological polar surface area (TPSA) is 33.3 Å². The minimum atomic E-state index is -4.21. The summed E-state index contributed by atoms with van der Waals surface area (Å²) in [6.45, 7) is 1.32. The Balaban J connectivity index is 1.53. The molecular formula is C22H24ClF3N2O. The summed E-state index contributed by atoms with van der Waals surface area (Å²) in [5, 5.41) is 7.69. The average molecular weight is 425 g/mol. The Labute approximate surface area is 173 Å². The predicted molar refractivity (Wildman–Crippen MR) is 108 cm³/mol. The first-order chi connectivity index (χ1) is 13.9. The molecule has 0 amide bonds. The van der Waals surface area contributed by atoms with Gasteiger partial charge in [-0.05, 0) is 66.8 Å². The van der Waals surface area contributed by atoms with Crippen molar-refractivity contribution in [3.8, 4) is 5.75 Å². The second-order valence-electron chi connectivity index (χ2n) is 7.76. The lowest BCUT2D eigenvalue weighted by atomic mass is 9.97. The van der Waals surface area contributed by atoms with Gasteiger partial charge >= 0.3 is 6.18 Å². The van der Waals surface area contributed by atoms with Crippen molar-refractivity contribution in [3.05, 3.63) is 63.7 Å². The highest BCUT2D eigenvalue weighted by molar-refractivity contribution is 6.30. The van der Waals surface area contributed by atoms with Crippen LogP contribution in [0.2, 0.25) is 5.02 Å². The zero-order chi connectivity index (χ0) is 20.6. The molecule has 156 valence electrons. The van der Waals surface area contributed by atoms with Crippen LogP contribution >= 0.6 is 11.6 Å². The van der Waals surface area contributed by atoms with E-state index in [1.54, 1.807) is 19.2 Å². The lowest BCUT2D eigenvalue weighted by Crippen LogP contribution is -2.34. The lowest BCUT2D eigenvalue weighted by Gasteiger charge is -2.23. The Morgan fingerprint density at radius 3 is 2.76 bits per heavy atom. The zero-order valence-corrected chi connectivity index (χ0v) is 16.9. The molecule has 1 unspecified atom stereocenters. The third kappa shape index (κ3) is 4.25. The SMILES string of the molecule is COc1cc2c(cc1CN[C@H]1CCN[C@H]1c1cccc(Cl)c1)C(C(F)(F)F)CC2. The van der Waals surface area contributed by atoms with Crippen LogP contribution in [0.4, 0.5) is 13.2 Å². The molecule has 4 rings (SSSR count). The fraction of sp³-hybridized carbons (Fsp3) is 0.455. The predicted octanol–water partition coefficient (Wildman–Crippen LogP) is 5.13. The van der Waals surface area contributed by atoms with E-state index in [-0.39, 0.29) is 18.5 Å². The molecule has 2 N–H and O–H groups in total. The van der Waals surface area contributed by atoms with E-state index in [1.807, 2.05) is 24.3 Å². The molecule has 0 saturated carbocycles. The van der Waals surface area contributed by atoms with Crippen LogP contribution in [0.3, 0.4) is 0 Å². The van der Waals surface area contributed by atoms with Crippen molar-refractivity contribution < 1.29 is 17.9 Å². The van der Waals surface area contributed by atoms with Crippen LogP contribution < -0.4 is 15.4 Å². The summed E-state index contributed by atoms with van der Waals surface area (Å²) in [4.78, 5) is 0. The van der Waals surface area contributed by atoms with Crippen LogP contribution in [0.1, 0.15) is 47.1 Å². The van der Waals surface area contributed by atoms with E-state index in [0.29, 0.717) is 29.3 Å². The Bertz CT molecular complexity index is 887. The second kappa shape index (κ2) is 8.17. The monoisotopic (exact) mass is 424 g/mol. The molecule has 1 aliphatic heterocycles. The molecule has 2 aliphatic rings. The summed E-state index contributed by atoms with van der Waals surface area (Å²) in [6, 6.07) is 11.5. The maximum Gasteiger partial charge on any atom is 0.395 e. The van der Waals surface area contributed by atoms with E-state index < -0.39 is 12.1 Å². The van der Waals surface area contributed by atoms with Gasteiger partial charge in [-0.1, -0.05) is 23.7 Å². The number of benzene rings is 2. The van der Waals surface area contributed by atoms with E-state index in [4.69, 9.17) is 16.3 Å². The molecule has 0 bridgehead atoms. The Kier molecular flexibility index (Phi) is 5.78. The molecule has 0 aromatic heterocycles. The number of methoxy groups -OCH3 is 1. The van der Waals surface area contributed by atoms with Gasteiger partial charge in [-0.15, -0.1) is 0 Å². The van der Waals surface area contributed by atoms with E-state index in [1.165, 1.54) is 0 Å². The largest absolute Gasteiger partial charge is 0.496 e. The summed E-state index contributed by atoms with van der Waals surface area (Å²) in [7, 11) is 1.56. The highest BCUT2D eigenvalue weighted by Gasteiger charge is 2.44. The third-order valence-corrected chi connectivity index (χ3v) is 6.23. The smallest absolute Gasteiger partial charge is 0.395 e. The molecule has 1 aliphatic carbocycles. The maximum atomic E-state index is 13.4. The van der Waals surface area contributed by atoms with Crippen molar-refractivity contribution in [2.45, 2.75) is 50.0 Å². The second-order valence-corrected chi connectivity index (χ2v) is 8.20. The standard InChI is InChI=1S/C22H24ClF3N2O/c1-29-20-11-13-5-6-18(22(24,25)26)17(13)10-15(20)12-28-19-7-8-27-21(19)14-3-2-4-16(23)9-14/h2-4,9-11,18-19,21,27-28H,5-8,12H2,1H3/t18?,19-,21-/m0/s1. The molecule has 2 aromatic rings. The Morgan fingerprint density at radius 1 is 1.21 bits per heavy atom. The van der Waals surface area contributed by atoms with E-state index in [9.17, 15) is 13.2 Å². The molecule has 1 saturated heterocycles. The number of ether oxygens (including phenoxy) is 1. The van der Waals surface area contributed by atoms with Crippen molar-refractivity contribution in [1.82, 2.24) is 10.6 Å². The van der Waals surface area contributed by atoms with Crippen LogP contribution in [0.5, 0.6) is 5.75 Å². The number of fused-ring (bicyclic) bond motifs is 1. The van der Waals surface area contributed by atoms with Gasteiger partial charge in [0.25, 0.3) is 0 Å². The fourth-order valence-electron chi connectivity index (χ4n) is 4.56. The summed E-state index contributed by atoms with van der Waals surface area (Å²) in [6.07, 6.45) is -2.73. The van der Waals surface area contributed by atoms with Gasteiger partial charge in [0.15, 0.2) is 0 Å². The van der Waals surface area contributed by atoms with Gasteiger partial charge < -0.3 is 15.4 Å². The number of nitrogens with one attached hydrogen (secondary N) is 2. The number of halogens is 4. The van der Waals surface area contributed by atoms with Crippen LogP contribution in [0, 0.1) is 0 Å². The zero-order valence-electron chi connectivity index (χ0n) is 16.2. The molecule has 3 nitrogen and oxygen atoms in total. The van der Waals surface area contributed by atoms with E-state index >= 15 is 0 Å². The van der Waals surface area contributed by atoms with Crippen molar-refractivity contribution in [2.75, 3.05) is 13.7 Å². The van der Waals surface area contributed by atoms with Crippen LogP contribution in [-0.2, 0) is 13.0 Å². The number of alkyl halides is 3. The van der Waals surface area contributed by atoms with Crippen LogP contribution in [0.25, 0.3) is 0 Å². The first kappa shape index (κ1) is 20.5. The summed E-state index contributed by atoms with van der Waals surface area (Å²) in [5.41, 5.74) is 3.00. The molecule has 0 radical (unpaired) electrons. The number of hydrogen-bond donors (Lipinski definition) is 2. The normalized spacial score (nSPS) is 24.0. The highest BCUT2D eigenvalue weighted by Crippen LogP contribution is 2.46. The third-order valence-electron chi connectivity index (χ3n) is 6.00. The molecule has 29 heavy (non-hydrogen) atoms. The van der Waals surface area contributed by atoms with Gasteiger partial charge in [0.1, 0.15) is 5.75 Å². The van der Waals surface area contributed by atoms with Gasteiger partial charge in [-0.2, -0.15) is 13.2 Å². The molecule has 0 spiro atoms. The van der Waals surface area contributed by atoms with Crippen molar-refractivity contribution in [2.24, 2.45) is 0 Å². The molecule has 1 fully saturated rings. The Morgan fingerprint density at radius 2 is 2.03 bits per heavy atom. The minimum absolute atomic E-state index is 0.108. The first-order valence-corrected chi connectivity index (χ1v) is 10.2. The molecule has 1 heterocycles. The van der Waals surface area contributed by atoms with Gasteiger partial charge in [0.05, 0.1) is 13.0 Å². The summed E-state index contributed by atoms with van der Waals surface area (Å²) >= 11 is 6.13. The van der Waals surface area contributed by atoms with Gasteiger partial charge in [-0.25, -0.2) is 0 Å². The van der Waals surface area contributed by atoms with Crippen molar-refractivity contribution in [1.29, 1.82) is 0 Å². The van der Waals surface area contributed by atoms with Gasteiger partial charge in [0.2, 0.25) is 0 Å². The van der Waals surface area contributed by atoms with E-state index in [0.717, 1.165) is 29.7 Å². The van der Waals surface area contributed by atoms with Gasteiger partial charge in [0, 0.05) is 29.2 Å². The van der Waals surface area contributed by atoms with Gasteiger partial charge in [-0.3, -0.25) is 0 Å². The molecule has 3 atom stereocenters. The first-order valence-electron chi connectivity index (χ1n) is 9.85. The molecular weight excluding hydrogens is 401 g/mol. The summed E-state index contributed by atoms with van der Waals surface area (Å²) in [5.74, 6) is -0.737. The number of rotatable bonds is 5. The van der Waals surface area contributed by atoms with E-state index in [2.05, 4.69) is 10.6 Å². The fourth-order valence-corrected chi connectivity index (χ4v) is 4.76. The maximum absolute atomic E-state index is 13.4. The lowest BCUT2D eigenvalue weighted by molar-refractivity contribution is -0.149. The molecule has 7 heteroatoms. The molecule has 2 aromatic carbocycles. The number of hydrogen-bond acceptors (Lipinski definition) is 3. The quantitative estimate of drug-likeness (QED) is 0.697. The number of aryl methyl sites for hydroxylation is 1. The highest BCUT2D eigenvalue weighted by atomic mass is 35.5. The van der Waals surface area contributed by atoms with Crippen molar-refractivity contribution >= 4 is 11.6 Å². The average Bonchev–Trinajstić information content (AvgIpc) is 3.31. The summed E-state index contributed by atoms with van der Waals surface area (Å²) < 4.78 is 45.7. The Hall–Kier alpha value is -1.76. The minimum Gasteiger partial charge on any atom is -0.496 e. The van der Waals surface area contributed by atoms with Crippen LogP contribution in [0.15, 0.2) is 36.4 Å². The van der Waals surface area contributed by atoms with Crippen LogP contribution in [-0.4, -0.2) is 25.9 Å². The van der Waals surface area contributed by atoms with Crippen molar-refractivity contribution in [3.63, 3.8) is 0 Å².